The van der Waals surface area contributed by atoms with Crippen LogP contribution in [-0.4, -0.2) is 101 Å². The van der Waals surface area contributed by atoms with Crippen LogP contribution in [0.5, 0.6) is 11.5 Å². The summed E-state index contributed by atoms with van der Waals surface area (Å²) in [5.74, 6) is -3.31. The molecule has 1 saturated heterocycles. The first-order valence-corrected chi connectivity index (χ1v) is 13.4. The summed E-state index contributed by atoms with van der Waals surface area (Å²) in [6, 6.07) is 12.3. The number of carbonyl (C=O) groups is 5. The maximum atomic E-state index is 11.3. The first-order chi connectivity index (χ1) is 21.2. The number of carboxylic acid groups (broad SMARTS) is 4. The van der Waals surface area contributed by atoms with E-state index in [9.17, 15) is 24.0 Å². The average Bonchev–Trinajstić information content (AvgIpc) is 2.98. The number of likely N-dealkylation sites (tertiary alicyclic amines) is 1. The average molecular weight is 626 g/mol. The number of fused-ring (bicyclic) bond motifs is 3. The van der Waals surface area contributed by atoms with E-state index in [0.717, 1.165) is 47.8 Å². The van der Waals surface area contributed by atoms with Gasteiger partial charge >= 0.3 is 23.9 Å². The minimum Gasteiger partial charge on any atom is -0.493 e. The molecule has 14 heteroatoms. The van der Waals surface area contributed by atoms with Crippen LogP contribution in [0, 0.1) is 0 Å². The summed E-state index contributed by atoms with van der Waals surface area (Å²) in [6.45, 7) is 3.53. The number of benzene rings is 2. The molecule has 14 nitrogen and oxygen atoms in total. The van der Waals surface area contributed by atoms with Gasteiger partial charge < -0.3 is 40.1 Å². The zero-order valence-corrected chi connectivity index (χ0v) is 25.1. The number of amides is 1. The second-order valence-corrected chi connectivity index (χ2v) is 9.78. The molecule has 2 aromatic rings. The van der Waals surface area contributed by atoms with E-state index in [1.807, 2.05) is 30.3 Å². The van der Waals surface area contributed by atoms with Gasteiger partial charge in [-0.05, 0) is 49.8 Å². The van der Waals surface area contributed by atoms with Gasteiger partial charge in [0, 0.05) is 60.5 Å². The first kappa shape index (κ1) is 35.7. The highest BCUT2D eigenvalue weighted by Gasteiger charge is 2.36. The van der Waals surface area contributed by atoms with E-state index >= 15 is 0 Å². The van der Waals surface area contributed by atoms with E-state index in [1.165, 1.54) is 12.5 Å². The van der Waals surface area contributed by atoms with Crippen LogP contribution in [0.25, 0.3) is 0 Å². The third-order valence-electron chi connectivity index (χ3n) is 6.50. The van der Waals surface area contributed by atoms with Crippen molar-refractivity contribution >= 4 is 41.2 Å². The fourth-order valence-electron chi connectivity index (χ4n) is 4.63. The van der Waals surface area contributed by atoms with Gasteiger partial charge in [0.15, 0.2) is 11.5 Å². The van der Waals surface area contributed by atoms with E-state index in [2.05, 4.69) is 23.3 Å². The second kappa shape index (κ2) is 17.0. The highest BCUT2D eigenvalue weighted by molar-refractivity contribution is 6.15. The molecule has 2 unspecified atom stereocenters. The van der Waals surface area contributed by atoms with Gasteiger partial charge in [0.05, 0.1) is 26.0 Å². The number of anilines is 1. The summed E-state index contributed by atoms with van der Waals surface area (Å²) in [5, 5.41) is 34.1. The molecule has 5 N–H and O–H groups in total. The summed E-state index contributed by atoms with van der Waals surface area (Å²) in [6.07, 6.45) is 3.26. The lowest BCUT2D eigenvalue weighted by Gasteiger charge is -2.39. The number of hydrogen-bond acceptors (Lipinski definition) is 9. The smallest absolute Gasteiger partial charge is 0.328 e. The highest BCUT2D eigenvalue weighted by Crippen LogP contribution is 2.42. The number of likely N-dealkylation sites (N-methyl/N-ethyl adjacent to an activating group) is 1. The fourth-order valence-corrected chi connectivity index (χ4v) is 4.63. The predicted molar refractivity (Wildman–Crippen MR) is 163 cm³/mol. The van der Waals surface area contributed by atoms with Gasteiger partial charge in [0.1, 0.15) is 0 Å². The maximum absolute atomic E-state index is 11.3. The second-order valence-electron chi connectivity index (χ2n) is 9.78. The van der Waals surface area contributed by atoms with E-state index in [1.54, 1.807) is 14.2 Å². The van der Waals surface area contributed by atoms with Crippen molar-refractivity contribution < 1.29 is 53.9 Å². The first-order valence-electron chi connectivity index (χ1n) is 13.4. The molecule has 2 atom stereocenters. The molecule has 0 aromatic heterocycles. The van der Waals surface area contributed by atoms with Crippen molar-refractivity contribution in [2.24, 2.45) is 4.99 Å². The molecule has 1 fully saturated rings. The summed E-state index contributed by atoms with van der Waals surface area (Å²) in [5.41, 5.74) is 5.13. The van der Waals surface area contributed by atoms with Crippen molar-refractivity contribution in [2.45, 2.75) is 25.3 Å². The van der Waals surface area contributed by atoms with Crippen molar-refractivity contribution in [3.8, 4) is 11.5 Å². The number of methoxy groups -OCH3 is 2. The fraction of sp³-hybridized carbons (Fsp3) is 0.290. The lowest BCUT2D eigenvalue weighted by Crippen LogP contribution is -2.41. The number of aliphatic carboxylic acids is 4. The molecule has 1 amide bonds. The molecular formula is C31H35N3O11. The molecule has 2 heterocycles. The van der Waals surface area contributed by atoms with Gasteiger partial charge in [0.2, 0.25) is 5.91 Å². The molecule has 0 spiro atoms. The van der Waals surface area contributed by atoms with E-state index in [4.69, 9.17) is 34.9 Å². The molecule has 0 radical (unpaired) electrons. The van der Waals surface area contributed by atoms with Crippen LogP contribution in [-0.2, 0) is 24.0 Å². The van der Waals surface area contributed by atoms with Crippen molar-refractivity contribution in [3.05, 3.63) is 77.4 Å². The van der Waals surface area contributed by atoms with Crippen LogP contribution in [0.2, 0.25) is 0 Å². The number of carboxylic acids is 4. The van der Waals surface area contributed by atoms with E-state index in [-0.39, 0.29) is 11.9 Å². The van der Waals surface area contributed by atoms with Crippen molar-refractivity contribution in [1.82, 2.24) is 4.90 Å². The standard InChI is InChI=1S/C23H27N3O3.2C4H4O4/c1-14(27)24-16-7-5-15(6-8-16)23-18-12-22(29-4)21(28-3)11-17(18)19-13-26(2)10-9-20(19)25-23;2*5-3(6)1-2-4(7)8/h5-8,11-12,19-20H,9-10,13H2,1-4H3,(H,24,27);2*1-2H,(H,5,6)(H,7,8)/b;2*2-1-. The van der Waals surface area contributed by atoms with Crippen LogP contribution < -0.4 is 14.8 Å². The molecule has 240 valence electrons. The minimum atomic E-state index is -1.26. The van der Waals surface area contributed by atoms with Gasteiger partial charge in [-0.2, -0.15) is 0 Å². The quantitative estimate of drug-likeness (QED) is 0.268. The Morgan fingerprint density at radius 3 is 1.78 bits per heavy atom. The van der Waals surface area contributed by atoms with Crippen LogP contribution in [0.15, 0.2) is 65.7 Å². The Bertz CT molecular complexity index is 1430. The molecule has 4 rings (SSSR count). The normalized spacial score (nSPS) is 16.8. The minimum absolute atomic E-state index is 0.0795. The zero-order chi connectivity index (χ0) is 33.7. The number of hydrogen-bond donors (Lipinski definition) is 5. The van der Waals surface area contributed by atoms with Gasteiger partial charge in [-0.1, -0.05) is 12.1 Å². The Morgan fingerprint density at radius 1 is 0.844 bits per heavy atom. The van der Waals surface area contributed by atoms with Crippen LogP contribution in [0.4, 0.5) is 5.69 Å². The number of rotatable bonds is 8. The van der Waals surface area contributed by atoms with Gasteiger partial charge in [-0.3, -0.25) is 9.79 Å². The maximum Gasteiger partial charge on any atom is 0.328 e. The van der Waals surface area contributed by atoms with Gasteiger partial charge in [-0.25, -0.2) is 19.2 Å². The largest absolute Gasteiger partial charge is 0.493 e. The lowest BCUT2D eigenvalue weighted by molar-refractivity contribution is -0.134. The highest BCUT2D eigenvalue weighted by atomic mass is 16.5. The van der Waals surface area contributed by atoms with E-state index < -0.39 is 23.9 Å². The Labute approximate surface area is 258 Å². The molecule has 0 saturated carbocycles. The topological polar surface area (TPSA) is 212 Å². The third-order valence-corrected chi connectivity index (χ3v) is 6.50. The van der Waals surface area contributed by atoms with Crippen LogP contribution in [0.3, 0.4) is 0 Å². The monoisotopic (exact) mass is 625 g/mol. The zero-order valence-electron chi connectivity index (χ0n) is 25.1. The number of aliphatic imine (C=N–C) groups is 1. The summed E-state index contributed by atoms with van der Waals surface area (Å²) >= 11 is 0. The van der Waals surface area contributed by atoms with E-state index in [0.29, 0.717) is 36.0 Å². The number of nitrogens with zero attached hydrogens (tertiary/aromatic N) is 2. The summed E-state index contributed by atoms with van der Waals surface area (Å²) in [4.78, 5) is 57.1. The molecule has 2 aromatic carbocycles. The molecule has 45 heavy (non-hydrogen) atoms. The lowest BCUT2D eigenvalue weighted by atomic mass is 9.79. The molecular weight excluding hydrogens is 590 g/mol. The number of nitrogens with one attached hydrogen (secondary N) is 1. The van der Waals surface area contributed by atoms with Gasteiger partial charge in [-0.15, -0.1) is 0 Å². The predicted octanol–water partition coefficient (Wildman–Crippen LogP) is 2.72. The Kier molecular flexibility index (Phi) is 13.5. The summed E-state index contributed by atoms with van der Waals surface area (Å²) in [7, 11) is 5.49. The number of carbonyl (C=O) groups excluding carboxylic acids is 1. The molecule has 2 aliphatic rings. The number of ether oxygens (including phenoxy) is 2. The van der Waals surface area contributed by atoms with Gasteiger partial charge in [0.25, 0.3) is 0 Å². The SMILES string of the molecule is COc1cc2c(cc1OC)C1CN(C)CCC1N=C2c1ccc(NC(C)=O)cc1.O=C(O)/C=C\C(=O)O.O=C(O)/C=C\C(=O)O. The van der Waals surface area contributed by atoms with Crippen molar-refractivity contribution in [1.29, 1.82) is 0 Å². The van der Waals surface area contributed by atoms with Crippen molar-refractivity contribution in [3.63, 3.8) is 0 Å². The summed E-state index contributed by atoms with van der Waals surface area (Å²) < 4.78 is 11.2. The Hall–Kier alpha value is -5.50. The van der Waals surface area contributed by atoms with Crippen LogP contribution in [0.1, 0.15) is 36.0 Å². The van der Waals surface area contributed by atoms with Crippen molar-refractivity contribution in [2.75, 3.05) is 39.7 Å². The molecule has 2 aliphatic heterocycles. The van der Waals surface area contributed by atoms with Crippen LogP contribution >= 0.6 is 0 Å². The Morgan fingerprint density at radius 2 is 1.33 bits per heavy atom. The number of piperidine rings is 1. The molecule has 0 bridgehead atoms. The Balaban J connectivity index is 0.000000365. The molecule has 0 aliphatic carbocycles. The third kappa shape index (κ3) is 11.3.